The first-order valence-electron chi connectivity index (χ1n) is 8.45. The van der Waals surface area contributed by atoms with Crippen LogP contribution < -0.4 is 10.1 Å². The number of carbonyl (C=O) groups excluding carboxylic acids is 1. The lowest BCUT2D eigenvalue weighted by Crippen LogP contribution is -2.24. The van der Waals surface area contributed by atoms with Gasteiger partial charge in [0.2, 0.25) is 5.88 Å². The Labute approximate surface area is 169 Å². The quantitative estimate of drug-likeness (QED) is 0.629. The molecule has 0 radical (unpaired) electrons. The molecule has 5 nitrogen and oxygen atoms in total. The van der Waals surface area contributed by atoms with Crippen molar-refractivity contribution in [1.29, 1.82) is 0 Å². The van der Waals surface area contributed by atoms with Crippen LogP contribution >= 0.6 is 11.6 Å². The van der Waals surface area contributed by atoms with Crippen molar-refractivity contribution in [2.24, 2.45) is 0 Å². The second-order valence-electron chi connectivity index (χ2n) is 6.00. The van der Waals surface area contributed by atoms with Gasteiger partial charge in [-0.05, 0) is 23.3 Å². The van der Waals surface area contributed by atoms with Gasteiger partial charge < -0.3 is 10.1 Å². The zero-order valence-electron chi connectivity index (χ0n) is 14.9. The number of benzene rings is 2. The number of ether oxygens (including phenoxy) is 1. The maximum absolute atomic E-state index is 12.7. The van der Waals surface area contributed by atoms with Crippen molar-refractivity contribution < 1.29 is 22.7 Å². The molecule has 0 bridgehead atoms. The number of hydrogen-bond donors (Lipinski definition) is 1. The third-order valence-corrected chi connectivity index (χ3v) is 4.26. The van der Waals surface area contributed by atoms with Gasteiger partial charge in [0.15, 0.2) is 0 Å². The molecule has 0 saturated carbocycles. The van der Waals surface area contributed by atoms with Crippen LogP contribution in [0.3, 0.4) is 0 Å². The van der Waals surface area contributed by atoms with Crippen molar-refractivity contribution in [3.05, 3.63) is 88.3 Å². The molecule has 0 aliphatic rings. The summed E-state index contributed by atoms with van der Waals surface area (Å²) >= 11 is 5.88. The maximum atomic E-state index is 12.7. The number of aromatic nitrogens is 2. The minimum absolute atomic E-state index is 0.0418. The predicted octanol–water partition coefficient (Wildman–Crippen LogP) is 4.66. The van der Waals surface area contributed by atoms with E-state index in [1.807, 2.05) is 30.3 Å². The molecule has 150 valence electrons. The Kier molecular flexibility index (Phi) is 6.33. The van der Waals surface area contributed by atoms with Crippen molar-refractivity contribution in [3.8, 4) is 5.88 Å². The minimum Gasteiger partial charge on any atom is -0.472 e. The SMILES string of the molecule is O=C(NCc1ccc(C(F)(F)F)cc1Cl)c1cnc(OCc2ccccc2)cn1. The van der Waals surface area contributed by atoms with E-state index in [1.165, 1.54) is 18.5 Å². The van der Waals surface area contributed by atoms with Gasteiger partial charge in [-0.3, -0.25) is 4.79 Å². The van der Waals surface area contributed by atoms with Gasteiger partial charge in [-0.2, -0.15) is 13.2 Å². The zero-order chi connectivity index (χ0) is 20.9. The molecule has 1 amide bonds. The number of nitrogens with zero attached hydrogens (tertiary/aromatic N) is 2. The Morgan fingerprint density at radius 1 is 1.07 bits per heavy atom. The van der Waals surface area contributed by atoms with E-state index in [1.54, 1.807) is 0 Å². The summed E-state index contributed by atoms with van der Waals surface area (Å²) in [6.45, 7) is 0.261. The molecule has 1 N–H and O–H groups in total. The highest BCUT2D eigenvalue weighted by molar-refractivity contribution is 6.31. The first-order chi connectivity index (χ1) is 13.8. The van der Waals surface area contributed by atoms with Crippen LogP contribution in [-0.4, -0.2) is 15.9 Å². The Bertz CT molecular complexity index is 981. The lowest BCUT2D eigenvalue weighted by molar-refractivity contribution is -0.137. The highest BCUT2D eigenvalue weighted by atomic mass is 35.5. The van der Waals surface area contributed by atoms with Crippen molar-refractivity contribution >= 4 is 17.5 Å². The largest absolute Gasteiger partial charge is 0.472 e. The van der Waals surface area contributed by atoms with Gasteiger partial charge in [-0.25, -0.2) is 9.97 Å². The molecule has 0 saturated heterocycles. The van der Waals surface area contributed by atoms with E-state index in [4.69, 9.17) is 16.3 Å². The van der Waals surface area contributed by atoms with Crippen LogP contribution in [0.5, 0.6) is 5.88 Å². The van der Waals surface area contributed by atoms with Gasteiger partial charge in [0, 0.05) is 11.6 Å². The molecule has 0 aliphatic carbocycles. The molecule has 0 unspecified atom stereocenters. The summed E-state index contributed by atoms with van der Waals surface area (Å²) in [5.74, 6) is -0.278. The first kappa shape index (κ1) is 20.6. The molecule has 1 aromatic heterocycles. The van der Waals surface area contributed by atoms with Gasteiger partial charge >= 0.3 is 6.18 Å². The van der Waals surface area contributed by atoms with E-state index in [2.05, 4.69) is 15.3 Å². The third-order valence-electron chi connectivity index (χ3n) is 3.91. The highest BCUT2D eigenvalue weighted by Crippen LogP contribution is 2.32. The molecule has 0 aliphatic heterocycles. The highest BCUT2D eigenvalue weighted by Gasteiger charge is 2.30. The molecule has 9 heteroatoms. The average Bonchev–Trinajstić information content (AvgIpc) is 2.71. The number of hydrogen-bond acceptors (Lipinski definition) is 4. The van der Waals surface area contributed by atoms with E-state index in [0.29, 0.717) is 12.2 Å². The topological polar surface area (TPSA) is 64.1 Å². The van der Waals surface area contributed by atoms with E-state index >= 15 is 0 Å². The maximum Gasteiger partial charge on any atom is 0.416 e. The lowest BCUT2D eigenvalue weighted by atomic mass is 10.1. The summed E-state index contributed by atoms with van der Waals surface area (Å²) in [7, 11) is 0. The number of amides is 1. The molecular formula is C20H15ClF3N3O2. The van der Waals surface area contributed by atoms with Gasteiger partial charge in [-0.1, -0.05) is 48.0 Å². The van der Waals surface area contributed by atoms with Crippen LogP contribution in [-0.2, 0) is 19.3 Å². The number of alkyl halides is 3. The molecule has 29 heavy (non-hydrogen) atoms. The summed E-state index contributed by atoms with van der Waals surface area (Å²) in [4.78, 5) is 20.2. The smallest absolute Gasteiger partial charge is 0.416 e. The fraction of sp³-hybridized carbons (Fsp3) is 0.150. The summed E-state index contributed by atoms with van der Waals surface area (Å²) in [6.07, 6.45) is -1.90. The third kappa shape index (κ3) is 5.68. The van der Waals surface area contributed by atoms with E-state index in [9.17, 15) is 18.0 Å². The molecule has 0 atom stereocenters. The molecular weight excluding hydrogens is 407 g/mol. The Hall–Kier alpha value is -3.13. The van der Waals surface area contributed by atoms with Crippen LogP contribution in [0.2, 0.25) is 5.02 Å². The normalized spacial score (nSPS) is 11.2. The summed E-state index contributed by atoms with van der Waals surface area (Å²) in [6, 6.07) is 12.4. The van der Waals surface area contributed by atoms with Crippen LogP contribution in [0, 0.1) is 0 Å². The van der Waals surface area contributed by atoms with Gasteiger partial charge in [0.05, 0.1) is 18.0 Å². The fourth-order valence-electron chi connectivity index (χ4n) is 2.37. The van der Waals surface area contributed by atoms with E-state index < -0.39 is 17.6 Å². The fourth-order valence-corrected chi connectivity index (χ4v) is 2.62. The Morgan fingerprint density at radius 3 is 2.45 bits per heavy atom. The summed E-state index contributed by atoms with van der Waals surface area (Å²) in [5, 5.41) is 2.46. The molecule has 0 fully saturated rings. The summed E-state index contributed by atoms with van der Waals surface area (Å²) < 4.78 is 43.5. The van der Waals surface area contributed by atoms with Crippen molar-refractivity contribution in [1.82, 2.24) is 15.3 Å². The average molecular weight is 422 g/mol. The monoisotopic (exact) mass is 421 g/mol. The standard InChI is InChI=1S/C20H15ClF3N3O2/c21-16-8-15(20(22,23)24)7-6-14(16)9-27-19(28)17-10-26-18(11-25-17)29-12-13-4-2-1-3-5-13/h1-8,10-11H,9,12H2,(H,27,28). The minimum atomic E-state index is -4.48. The van der Waals surface area contributed by atoms with Gasteiger partial charge in [-0.15, -0.1) is 0 Å². The Balaban J connectivity index is 1.56. The Morgan fingerprint density at radius 2 is 1.83 bits per heavy atom. The molecule has 2 aromatic carbocycles. The zero-order valence-corrected chi connectivity index (χ0v) is 15.7. The van der Waals surface area contributed by atoms with E-state index in [-0.39, 0.29) is 23.1 Å². The number of nitrogens with one attached hydrogen (secondary N) is 1. The summed E-state index contributed by atoms with van der Waals surface area (Å²) in [5.41, 5.74) is 0.503. The number of rotatable bonds is 6. The first-order valence-corrected chi connectivity index (χ1v) is 8.83. The molecule has 1 heterocycles. The molecule has 3 rings (SSSR count). The van der Waals surface area contributed by atoms with Gasteiger partial charge in [0.1, 0.15) is 12.3 Å². The predicted molar refractivity (Wildman–Crippen MR) is 100 cm³/mol. The van der Waals surface area contributed by atoms with Crippen molar-refractivity contribution in [2.45, 2.75) is 19.3 Å². The van der Waals surface area contributed by atoms with Crippen molar-refractivity contribution in [3.63, 3.8) is 0 Å². The molecule has 3 aromatic rings. The van der Waals surface area contributed by atoms with E-state index in [0.717, 1.165) is 17.7 Å². The second-order valence-corrected chi connectivity index (χ2v) is 6.41. The molecule has 0 spiro atoms. The van der Waals surface area contributed by atoms with Crippen LogP contribution in [0.1, 0.15) is 27.2 Å². The van der Waals surface area contributed by atoms with Crippen molar-refractivity contribution in [2.75, 3.05) is 0 Å². The second kappa shape index (κ2) is 8.91. The van der Waals surface area contributed by atoms with Crippen LogP contribution in [0.15, 0.2) is 60.9 Å². The number of carbonyl (C=O) groups is 1. The van der Waals surface area contributed by atoms with Gasteiger partial charge in [0.25, 0.3) is 5.91 Å². The van der Waals surface area contributed by atoms with Crippen LogP contribution in [0.25, 0.3) is 0 Å². The van der Waals surface area contributed by atoms with Crippen LogP contribution in [0.4, 0.5) is 13.2 Å². The lowest BCUT2D eigenvalue weighted by Gasteiger charge is -2.11. The number of halogens is 4.